The molecule has 2 aromatic rings. The highest BCUT2D eigenvalue weighted by Gasteiger charge is 2.45. The Morgan fingerprint density at radius 3 is 2.55 bits per heavy atom. The van der Waals surface area contributed by atoms with Crippen molar-refractivity contribution in [1.29, 1.82) is 0 Å². The Morgan fingerprint density at radius 2 is 2.00 bits per heavy atom. The Bertz CT molecular complexity index is 843. The minimum absolute atomic E-state index is 0.00926. The van der Waals surface area contributed by atoms with Gasteiger partial charge in [0.2, 0.25) is 0 Å². The number of hydrogen-bond donors (Lipinski definition) is 7. The molecule has 3 rings (SSSR count). The Morgan fingerprint density at radius 1 is 1.31 bits per heavy atom. The SMILES string of the molecule is CCC(N)CO.Nc1ncnc2c1ncn2[C@@H]1O[C@H](COP(=O)(O)O)[C@@H](O)[C@H]1O. The standard InChI is InChI=1S/C10H14N5O7P.C4H11NO/c11-8-5-9(13-2-12-8)15(3-14-5)10-7(17)6(16)4(22-10)1-21-23(18,19)20;1-2-4(5)3-6/h2-4,6-7,10,16-17H,1H2,(H2,11,12,13)(H2,18,19,20);4,6H,2-3,5H2,1H3/t4-,6-,7-,10-;/m1./s1. The number of nitrogen functional groups attached to an aromatic ring is 1. The zero-order chi connectivity index (χ0) is 21.8. The van der Waals surface area contributed by atoms with Gasteiger partial charge in [-0.2, -0.15) is 0 Å². The third kappa shape index (κ3) is 5.88. The van der Waals surface area contributed by atoms with Crippen molar-refractivity contribution in [2.24, 2.45) is 5.73 Å². The zero-order valence-corrected chi connectivity index (χ0v) is 16.4. The monoisotopic (exact) mass is 436 g/mol. The van der Waals surface area contributed by atoms with E-state index in [0.717, 1.165) is 6.42 Å². The Kier molecular flexibility index (Phi) is 7.99. The number of nitrogens with two attached hydrogens (primary N) is 2. The number of phosphoric acid groups is 1. The van der Waals surface area contributed by atoms with Crippen LogP contribution in [0.4, 0.5) is 5.82 Å². The smallest absolute Gasteiger partial charge is 0.395 e. The maximum Gasteiger partial charge on any atom is 0.469 e. The number of aliphatic hydroxyl groups excluding tert-OH is 3. The summed E-state index contributed by atoms with van der Waals surface area (Å²) in [5, 5.41) is 28.3. The number of aromatic nitrogens is 4. The van der Waals surface area contributed by atoms with Crippen molar-refractivity contribution in [3.63, 3.8) is 0 Å². The highest BCUT2D eigenvalue weighted by atomic mass is 31.2. The average molecular weight is 436 g/mol. The van der Waals surface area contributed by atoms with Crippen molar-refractivity contribution >= 4 is 24.8 Å². The van der Waals surface area contributed by atoms with E-state index in [1.165, 1.54) is 17.2 Å². The van der Waals surface area contributed by atoms with Crippen molar-refractivity contribution in [1.82, 2.24) is 19.5 Å². The number of aliphatic hydroxyl groups is 3. The molecule has 1 fully saturated rings. The van der Waals surface area contributed by atoms with E-state index in [9.17, 15) is 14.8 Å². The second-order valence-corrected chi connectivity index (χ2v) is 7.51. The van der Waals surface area contributed by atoms with Crippen molar-refractivity contribution in [2.45, 2.75) is 43.9 Å². The van der Waals surface area contributed by atoms with Crippen LogP contribution in [0.25, 0.3) is 11.2 Å². The molecule has 1 saturated heterocycles. The molecular weight excluding hydrogens is 411 g/mol. The lowest BCUT2D eigenvalue weighted by atomic mass is 10.1. The number of ether oxygens (including phenoxy) is 1. The molecule has 164 valence electrons. The molecule has 5 atom stereocenters. The molecule has 0 aliphatic carbocycles. The van der Waals surface area contributed by atoms with Crippen LogP contribution in [0.5, 0.6) is 0 Å². The first-order valence-corrected chi connectivity index (χ1v) is 10.1. The van der Waals surface area contributed by atoms with Crippen molar-refractivity contribution in [3.05, 3.63) is 12.7 Å². The van der Waals surface area contributed by atoms with Crippen molar-refractivity contribution in [3.8, 4) is 0 Å². The first kappa shape index (κ1) is 23.5. The molecular formula is C14H25N6O8P. The van der Waals surface area contributed by atoms with E-state index in [2.05, 4.69) is 19.5 Å². The molecule has 0 amide bonds. The topological polar surface area (TPSA) is 232 Å². The normalized spacial score (nSPS) is 25.6. The largest absolute Gasteiger partial charge is 0.469 e. The fourth-order valence-corrected chi connectivity index (χ4v) is 2.79. The molecule has 0 aromatic carbocycles. The Balaban J connectivity index is 0.000000438. The second-order valence-electron chi connectivity index (χ2n) is 6.27. The van der Waals surface area contributed by atoms with Crippen LogP contribution in [0.1, 0.15) is 19.6 Å². The van der Waals surface area contributed by atoms with E-state index in [4.69, 9.17) is 31.1 Å². The fourth-order valence-electron chi connectivity index (χ4n) is 2.45. The summed E-state index contributed by atoms with van der Waals surface area (Å²) in [6.45, 7) is 1.46. The molecule has 1 aliphatic heterocycles. The maximum atomic E-state index is 10.7. The van der Waals surface area contributed by atoms with Gasteiger partial charge in [0.15, 0.2) is 17.7 Å². The Hall–Kier alpha value is -1.74. The van der Waals surface area contributed by atoms with Gasteiger partial charge >= 0.3 is 7.82 Å². The summed E-state index contributed by atoms with van der Waals surface area (Å²) in [5.74, 6) is 0.142. The van der Waals surface area contributed by atoms with Crippen LogP contribution in [-0.4, -0.2) is 82.2 Å². The fraction of sp³-hybridized carbons (Fsp3) is 0.643. The van der Waals surface area contributed by atoms with Crippen molar-refractivity contribution < 1.29 is 38.9 Å². The second kappa shape index (κ2) is 9.84. The van der Waals surface area contributed by atoms with Crippen molar-refractivity contribution in [2.75, 3.05) is 18.9 Å². The number of hydrogen-bond acceptors (Lipinski definition) is 11. The number of nitrogens with zero attached hydrogens (tertiary/aromatic N) is 4. The van der Waals surface area contributed by atoms with Crippen LogP contribution in [0, 0.1) is 0 Å². The van der Waals surface area contributed by atoms with Crippen LogP contribution >= 0.6 is 7.82 Å². The highest BCUT2D eigenvalue weighted by molar-refractivity contribution is 7.46. The lowest BCUT2D eigenvalue weighted by molar-refractivity contribution is -0.0504. The summed E-state index contributed by atoms with van der Waals surface area (Å²) in [6.07, 6.45) is -1.63. The highest BCUT2D eigenvalue weighted by Crippen LogP contribution is 2.38. The predicted molar refractivity (Wildman–Crippen MR) is 99.0 cm³/mol. The van der Waals surface area contributed by atoms with Gasteiger partial charge in [0.1, 0.15) is 30.2 Å². The molecule has 0 spiro atoms. The molecule has 14 nitrogen and oxygen atoms in total. The lowest BCUT2D eigenvalue weighted by Crippen LogP contribution is -2.33. The van der Waals surface area contributed by atoms with Gasteiger partial charge < -0.3 is 41.3 Å². The molecule has 1 unspecified atom stereocenters. The number of anilines is 1. The van der Waals surface area contributed by atoms with Crippen LogP contribution in [-0.2, 0) is 13.8 Å². The van der Waals surface area contributed by atoms with Crippen LogP contribution < -0.4 is 11.5 Å². The predicted octanol–water partition coefficient (Wildman–Crippen LogP) is -2.15. The molecule has 9 N–H and O–H groups in total. The minimum Gasteiger partial charge on any atom is -0.395 e. The molecule has 0 radical (unpaired) electrons. The van der Waals surface area contributed by atoms with Crippen LogP contribution in [0.3, 0.4) is 0 Å². The van der Waals surface area contributed by atoms with E-state index in [1.54, 1.807) is 0 Å². The lowest BCUT2D eigenvalue weighted by Gasteiger charge is -2.16. The summed E-state index contributed by atoms with van der Waals surface area (Å²) in [5.41, 5.74) is 11.5. The van der Waals surface area contributed by atoms with Gasteiger partial charge in [0, 0.05) is 6.04 Å². The number of fused-ring (bicyclic) bond motifs is 1. The number of rotatable bonds is 6. The first-order valence-electron chi connectivity index (χ1n) is 8.60. The van der Waals surface area contributed by atoms with E-state index in [-0.39, 0.29) is 24.1 Å². The molecule has 29 heavy (non-hydrogen) atoms. The average Bonchev–Trinajstić information content (AvgIpc) is 3.22. The molecule has 1 aliphatic rings. The summed E-state index contributed by atoms with van der Waals surface area (Å²) in [6, 6.07) is -0.00926. The molecule has 3 heterocycles. The Labute approximate surface area is 165 Å². The van der Waals surface area contributed by atoms with Gasteiger partial charge in [-0.25, -0.2) is 19.5 Å². The van der Waals surface area contributed by atoms with Gasteiger partial charge in [-0.3, -0.25) is 9.09 Å². The van der Waals surface area contributed by atoms with Gasteiger partial charge in [-0.05, 0) is 6.42 Å². The van der Waals surface area contributed by atoms with Gasteiger partial charge in [-0.15, -0.1) is 0 Å². The van der Waals surface area contributed by atoms with Gasteiger partial charge in [-0.1, -0.05) is 6.92 Å². The van der Waals surface area contributed by atoms with E-state index >= 15 is 0 Å². The van der Waals surface area contributed by atoms with Gasteiger partial charge in [0.05, 0.1) is 19.5 Å². The molecule has 15 heteroatoms. The van der Waals surface area contributed by atoms with Gasteiger partial charge in [0.25, 0.3) is 0 Å². The number of phosphoric ester groups is 1. The summed E-state index contributed by atoms with van der Waals surface area (Å²) < 4.78 is 21.8. The summed E-state index contributed by atoms with van der Waals surface area (Å²) in [7, 11) is -4.72. The van der Waals surface area contributed by atoms with Crippen LogP contribution in [0.2, 0.25) is 0 Å². The van der Waals surface area contributed by atoms with E-state index in [0.29, 0.717) is 5.52 Å². The number of imidazole rings is 1. The first-order chi connectivity index (χ1) is 13.6. The molecule has 0 saturated carbocycles. The zero-order valence-electron chi connectivity index (χ0n) is 15.5. The third-order valence-electron chi connectivity index (χ3n) is 4.16. The maximum absolute atomic E-state index is 10.7. The third-order valence-corrected chi connectivity index (χ3v) is 4.65. The molecule has 2 aromatic heterocycles. The van der Waals surface area contributed by atoms with E-state index in [1.807, 2.05) is 6.92 Å². The quantitative estimate of drug-likeness (QED) is 0.240. The summed E-state index contributed by atoms with van der Waals surface area (Å²) in [4.78, 5) is 29.2. The summed E-state index contributed by atoms with van der Waals surface area (Å²) >= 11 is 0. The van der Waals surface area contributed by atoms with Crippen LogP contribution in [0.15, 0.2) is 12.7 Å². The molecule has 0 bridgehead atoms. The van der Waals surface area contributed by atoms with E-state index < -0.39 is 39.0 Å². The minimum atomic E-state index is -4.72.